The zero-order valence-corrected chi connectivity index (χ0v) is 17.6. The molecule has 2 fully saturated rings. The van der Waals surface area contributed by atoms with Crippen molar-refractivity contribution in [1.29, 1.82) is 0 Å². The third kappa shape index (κ3) is 5.06. The van der Waals surface area contributed by atoms with Crippen molar-refractivity contribution in [2.45, 2.75) is 31.8 Å². The minimum absolute atomic E-state index is 0.107. The summed E-state index contributed by atoms with van der Waals surface area (Å²) in [5.74, 6) is -0.521. The molecule has 0 bridgehead atoms. The Labute approximate surface area is 171 Å². The number of hydrogen-bond acceptors (Lipinski definition) is 6. The Morgan fingerprint density at radius 3 is 2.79 bits per heavy atom. The summed E-state index contributed by atoms with van der Waals surface area (Å²) in [6.45, 7) is 3.13. The number of nitrogens with zero attached hydrogens (tertiary/aromatic N) is 2. The Morgan fingerprint density at radius 2 is 2.07 bits per heavy atom. The standard InChI is InChI=1S/C19H28N4O5S/c1-14-6-3-4-7-16(14)21-19(25)20-15-12-17-18(24)23(8-5-10-28-2)29(26,27)11-9-22(17)13-15/h3-4,6-7,15,17H,5,8-13H2,1-2H3,(H2,20,21,25)/t15-,17-/m0/s1. The smallest absolute Gasteiger partial charge is 0.319 e. The normalized spacial score (nSPS) is 24.1. The van der Waals surface area contributed by atoms with Gasteiger partial charge in [-0.1, -0.05) is 18.2 Å². The minimum atomic E-state index is -3.63. The number of fused-ring (bicyclic) bond motifs is 1. The first-order valence-corrected chi connectivity index (χ1v) is 11.3. The highest BCUT2D eigenvalue weighted by atomic mass is 32.2. The molecule has 2 heterocycles. The van der Waals surface area contributed by atoms with Crippen molar-refractivity contribution in [2.24, 2.45) is 0 Å². The van der Waals surface area contributed by atoms with Crippen LogP contribution < -0.4 is 10.6 Å². The summed E-state index contributed by atoms with van der Waals surface area (Å²) < 4.78 is 30.9. The van der Waals surface area contributed by atoms with Crippen LogP contribution in [0.1, 0.15) is 18.4 Å². The lowest BCUT2D eigenvalue weighted by Gasteiger charge is -2.23. The maximum Gasteiger partial charge on any atom is 0.319 e. The van der Waals surface area contributed by atoms with Crippen LogP contribution in [0.15, 0.2) is 24.3 Å². The van der Waals surface area contributed by atoms with Gasteiger partial charge in [0, 0.05) is 45.1 Å². The second kappa shape index (κ2) is 9.10. The van der Waals surface area contributed by atoms with Crippen LogP contribution in [0.3, 0.4) is 0 Å². The van der Waals surface area contributed by atoms with Gasteiger partial charge in [-0.05, 0) is 31.4 Å². The molecule has 2 aliphatic rings. The molecule has 0 aromatic heterocycles. The van der Waals surface area contributed by atoms with Gasteiger partial charge in [0.2, 0.25) is 10.0 Å². The van der Waals surface area contributed by atoms with Gasteiger partial charge in [-0.3, -0.25) is 9.69 Å². The average molecular weight is 425 g/mol. The third-order valence-corrected chi connectivity index (χ3v) is 7.08. The fourth-order valence-electron chi connectivity index (χ4n) is 3.82. The van der Waals surface area contributed by atoms with Crippen molar-refractivity contribution in [3.8, 4) is 0 Å². The highest BCUT2D eigenvalue weighted by molar-refractivity contribution is 7.89. The highest BCUT2D eigenvalue weighted by Crippen LogP contribution is 2.25. The van der Waals surface area contributed by atoms with Crippen LogP contribution in [-0.2, 0) is 19.6 Å². The van der Waals surface area contributed by atoms with Crippen molar-refractivity contribution in [1.82, 2.24) is 14.5 Å². The first kappa shape index (κ1) is 21.5. The number of aryl methyl sites for hydroxylation is 1. The topological polar surface area (TPSA) is 108 Å². The summed E-state index contributed by atoms with van der Waals surface area (Å²) in [6, 6.07) is 6.37. The first-order valence-electron chi connectivity index (χ1n) is 9.72. The van der Waals surface area contributed by atoms with Crippen LogP contribution in [0.5, 0.6) is 0 Å². The minimum Gasteiger partial charge on any atom is -0.385 e. The van der Waals surface area contributed by atoms with E-state index in [2.05, 4.69) is 10.6 Å². The van der Waals surface area contributed by atoms with E-state index in [1.54, 1.807) is 0 Å². The van der Waals surface area contributed by atoms with Crippen molar-refractivity contribution < 1.29 is 22.7 Å². The van der Waals surface area contributed by atoms with Crippen molar-refractivity contribution in [2.75, 3.05) is 44.4 Å². The molecule has 0 unspecified atom stereocenters. The molecule has 2 atom stereocenters. The van der Waals surface area contributed by atoms with Gasteiger partial charge in [-0.15, -0.1) is 0 Å². The number of ether oxygens (including phenoxy) is 1. The largest absolute Gasteiger partial charge is 0.385 e. The number of carbonyl (C=O) groups excluding carboxylic acids is 2. The Kier molecular flexibility index (Phi) is 6.76. The summed E-state index contributed by atoms with van der Waals surface area (Å²) in [7, 11) is -2.09. The van der Waals surface area contributed by atoms with Crippen LogP contribution in [0.4, 0.5) is 10.5 Å². The molecule has 3 amide bonds. The van der Waals surface area contributed by atoms with E-state index < -0.39 is 22.0 Å². The van der Waals surface area contributed by atoms with E-state index in [0.29, 0.717) is 26.0 Å². The lowest BCUT2D eigenvalue weighted by atomic mass is 10.1. The van der Waals surface area contributed by atoms with Crippen molar-refractivity contribution >= 4 is 27.6 Å². The van der Waals surface area contributed by atoms with Gasteiger partial charge >= 0.3 is 6.03 Å². The first-order chi connectivity index (χ1) is 13.8. The van der Waals surface area contributed by atoms with Gasteiger partial charge in [0.05, 0.1) is 11.8 Å². The van der Waals surface area contributed by atoms with Crippen LogP contribution in [0.2, 0.25) is 0 Å². The number of amides is 3. The Bertz CT molecular complexity index is 860. The van der Waals surface area contributed by atoms with Crippen molar-refractivity contribution in [3.05, 3.63) is 29.8 Å². The predicted molar refractivity (Wildman–Crippen MR) is 109 cm³/mol. The maximum atomic E-state index is 12.9. The molecule has 2 saturated heterocycles. The Balaban J connectivity index is 1.63. The number of rotatable bonds is 6. The second-order valence-electron chi connectivity index (χ2n) is 7.43. The molecule has 2 aliphatic heterocycles. The number of methoxy groups -OCH3 is 1. The quantitative estimate of drug-likeness (QED) is 0.653. The molecule has 10 heteroatoms. The van der Waals surface area contributed by atoms with Crippen LogP contribution in [-0.4, -0.2) is 80.7 Å². The van der Waals surface area contributed by atoms with Crippen molar-refractivity contribution in [3.63, 3.8) is 0 Å². The Morgan fingerprint density at radius 1 is 1.31 bits per heavy atom. The number of benzene rings is 1. The van der Waals surface area contributed by atoms with E-state index in [-0.39, 0.29) is 30.9 Å². The molecule has 9 nitrogen and oxygen atoms in total. The molecule has 3 rings (SSSR count). The molecular weight excluding hydrogens is 396 g/mol. The molecule has 29 heavy (non-hydrogen) atoms. The fourth-order valence-corrected chi connectivity index (χ4v) is 5.31. The molecule has 0 radical (unpaired) electrons. The summed E-state index contributed by atoms with van der Waals surface area (Å²) in [6.07, 6.45) is 0.838. The monoisotopic (exact) mass is 424 g/mol. The average Bonchev–Trinajstić information content (AvgIpc) is 3.04. The molecular formula is C19H28N4O5S. The lowest BCUT2D eigenvalue weighted by molar-refractivity contribution is -0.130. The summed E-state index contributed by atoms with van der Waals surface area (Å²) in [5, 5.41) is 5.73. The van der Waals surface area contributed by atoms with E-state index in [1.165, 1.54) is 7.11 Å². The predicted octanol–water partition coefficient (Wildman–Crippen LogP) is 0.768. The number of hydrogen-bond donors (Lipinski definition) is 2. The number of para-hydroxylation sites is 1. The lowest BCUT2D eigenvalue weighted by Crippen LogP contribution is -2.45. The zero-order chi connectivity index (χ0) is 21.0. The third-order valence-electron chi connectivity index (χ3n) is 5.34. The number of nitrogens with one attached hydrogen (secondary N) is 2. The molecule has 2 N–H and O–H groups in total. The zero-order valence-electron chi connectivity index (χ0n) is 16.8. The van der Waals surface area contributed by atoms with Gasteiger partial charge in [0.25, 0.3) is 5.91 Å². The molecule has 160 valence electrons. The van der Waals surface area contributed by atoms with Crippen LogP contribution in [0.25, 0.3) is 0 Å². The molecule has 0 saturated carbocycles. The van der Waals surface area contributed by atoms with Gasteiger partial charge in [-0.2, -0.15) is 0 Å². The number of urea groups is 1. The SMILES string of the molecule is COCCCN1C(=O)[C@@H]2C[C@H](NC(=O)Nc3ccccc3C)CN2CCS1(=O)=O. The van der Waals surface area contributed by atoms with Gasteiger partial charge in [-0.25, -0.2) is 17.5 Å². The molecule has 1 aromatic carbocycles. The van der Waals surface area contributed by atoms with E-state index in [1.807, 2.05) is 36.1 Å². The fraction of sp³-hybridized carbons (Fsp3) is 0.579. The van der Waals surface area contributed by atoms with E-state index in [9.17, 15) is 18.0 Å². The number of carbonyl (C=O) groups is 2. The highest BCUT2D eigenvalue weighted by Gasteiger charge is 2.45. The van der Waals surface area contributed by atoms with E-state index >= 15 is 0 Å². The van der Waals surface area contributed by atoms with Gasteiger partial charge < -0.3 is 15.4 Å². The maximum absolute atomic E-state index is 12.9. The summed E-state index contributed by atoms with van der Waals surface area (Å²) >= 11 is 0. The number of anilines is 1. The Hall–Kier alpha value is -2.17. The molecule has 1 aromatic rings. The molecule has 0 spiro atoms. The van der Waals surface area contributed by atoms with E-state index in [0.717, 1.165) is 15.6 Å². The van der Waals surface area contributed by atoms with Crippen LogP contribution >= 0.6 is 0 Å². The summed E-state index contributed by atoms with van der Waals surface area (Å²) in [4.78, 5) is 27.2. The molecule has 0 aliphatic carbocycles. The van der Waals surface area contributed by atoms with E-state index in [4.69, 9.17) is 4.74 Å². The van der Waals surface area contributed by atoms with Gasteiger partial charge in [0.15, 0.2) is 0 Å². The summed E-state index contributed by atoms with van der Waals surface area (Å²) in [5.41, 5.74) is 1.68. The number of sulfonamides is 1. The van der Waals surface area contributed by atoms with Gasteiger partial charge in [0.1, 0.15) is 0 Å². The second-order valence-corrected chi connectivity index (χ2v) is 9.44. The van der Waals surface area contributed by atoms with Crippen LogP contribution in [0, 0.1) is 6.92 Å².